The molecule has 10 heavy (non-hydrogen) atoms. The van der Waals surface area contributed by atoms with E-state index in [0.29, 0.717) is 0 Å². The second-order valence-corrected chi connectivity index (χ2v) is 2.38. The molecule has 0 aliphatic rings. The third-order valence-corrected chi connectivity index (χ3v) is 1.43. The maximum absolute atomic E-state index is 12.7. The molecule has 0 aromatic rings. The first-order valence-electron chi connectivity index (χ1n) is 3.05. The van der Waals surface area contributed by atoms with Crippen molar-refractivity contribution in [2.75, 3.05) is 0 Å². The molecule has 0 amide bonds. The first-order chi connectivity index (χ1) is 4.46. The van der Waals surface area contributed by atoms with Crippen molar-refractivity contribution in [2.45, 2.75) is 20.0 Å². The van der Waals surface area contributed by atoms with Crippen molar-refractivity contribution in [3.63, 3.8) is 0 Å². The van der Waals surface area contributed by atoms with Gasteiger partial charge in [0.25, 0.3) is 0 Å². The average Bonchev–Trinajstić information content (AvgIpc) is 1.84. The van der Waals surface area contributed by atoms with Crippen LogP contribution in [0, 0.1) is 5.92 Å². The summed E-state index contributed by atoms with van der Waals surface area (Å²) in [5, 5.41) is 0. The molecule has 0 fully saturated rings. The van der Waals surface area contributed by atoms with Gasteiger partial charge in [0.1, 0.15) is 12.0 Å². The third-order valence-electron chi connectivity index (χ3n) is 1.43. The number of Topliss-reactive ketones (excluding diaryl/α,β-unsaturated/α-hetero) is 1. The monoisotopic (exact) mass is 145 g/mol. The number of carbonyl (C=O) groups is 1. The normalized spacial score (nSPS) is 15.9. The van der Waals surface area contributed by atoms with Crippen LogP contribution in [0.2, 0.25) is 0 Å². The molecule has 3 heteroatoms. The summed E-state index contributed by atoms with van der Waals surface area (Å²) < 4.78 is 12.7. The molecule has 0 spiro atoms. The lowest BCUT2D eigenvalue weighted by Gasteiger charge is -2.12. The molecular weight excluding hydrogens is 133 g/mol. The molecule has 2 N–H and O–H groups in total. The van der Waals surface area contributed by atoms with Crippen LogP contribution < -0.4 is 5.73 Å². The molecule has 0 rings (SSSR count). The number of nitrogens with two attached hydrogens (primary N) is 1. The minimum absolute atomic E-state index is 0.0808. The Bertz CT molecular complexity index is 138. The van der Waals surface area contributed by atoms with E-state index in [1.807, 2.05) is 0 Å². The molecule has 58 valence electrons. The fourth-order valence-corrected chi connectivity index (χ4v) is 0.527. The Morgan fingerprint density at radius 1 is 1.70 bits per heavy atom. The zero-order chi connectivity index (χ0) is 8.31. The molecule has 0 aromatic heterocycles. The van der Waals surface area contributed by atoms with Crippen molar-refractivity contribution >= 4 is 5.78 Å². The van der Waals surface area contributed by atoms with Gasteiger partial charge in [-0.05, 0) is 6.92 Å². The van der Waals surface area contributed by atoms with Crippen LogP contribution in [-0.4, -0.2) is 12.0 Å². The zero-order valence-corrected chi connectivity index (χ0v) is 6.23. The van der Waals surface area contributed by atoms with E-state index in [1.54, 1.807) is 0 Å². The van der Waals surface area contributed by atoms with E-state index in [4.69, 9.17) is 5.73 Å². The Balaban J connectivity index is 4.07. The summed E-state index contributed by atoms with van der Waals surface area (Å²) in [6.07, 6.45) is -1.41. The molecule has 0 aliphatic carbocycles. The average molecular weight is 145 g/mol. The van der Waals surface area contributed by atoms with Gasteiger partial charge in [-0.2, -0.15) is 0 Å². The Kier molecular flexibility index (Phi) is 3.06. The zero-order valence-electron chi connectivity index (χ0n) is 6.23. The molecule has 0 bridgehead atoms. The lowest BCUT2D eigenvalue weighted by Crippen LogP contribution is -2.24. The lowest BCUT2D eigenvalue weighted by molar-refractivity contribution is -0.121. The van der Waals surface area contributed by atoms with Crippen LogP contribution in [0.1, 0.15) is 13.8 Å². The highest BCUT2D eigenvalue weighted by Gasteiger charge is 2.21. The highest BCUT2D eigenvalue weighted by atomic mass is 19.1. The van der Waals surface area contributed by atoms with Gasteiger partial charge in [-0.15, -0.1) is 0 Å². The molecule has 0 saturated carbocycles. The molecule has 0 aromatic carbocycles. The number of hydrogen-bond acceptors (Lipinski definition) is 2. The largest absolute Gasteiger partial charge is 0.400 e. The number of carbonyl (C=O) groups excluding carboxylic acids is 1. The topological polar surface area (TPSA) is 43.1 Å². The number of allylic oxidation sites excluding steroid dienone is 1. The minimum Gasteiger partial charge on any atom is -0.400 e. The van der Waals surface area contributed by atoms with Crippen LogP contribution in [0.4, 0.5) is 4.39 Å². The lowest BCUT2D eigenvalue weighted by atomic mass is 10.0. The molecule has 2 unspecified atom stereocenters. The maximum atomic E-state index is 12.7. The second kappa shape index (κ2) is 3.34. The molecule has 0 radical (unpaired) electrons. The summed E-state index contributed by atoms with van der Waals surface area (Å²) in [5.41, 5.74) is 4.97. The van der Waals surface area contributed by atoms with Gasteiger partial charge < -0.3 is 5.73 Å². The van der Waals surface area contributed by atoms with E-state index in [0.717, 1.165) is 0 Å². The molecule has 0 saturated heterocycles. The molecule has 2 atom stereocenters. The van der Waals surface area contributed by atoms with Crippen molar-refractivity contribution < 1.29 is 9.18 Å². The van der Waals surface area contributed by atoms with Crippen molar-refractivity contribution in [1.82, 2.24) is 0 Å². The first kappa shape index (κ1) is 9.14. The van der Waals surface area contributed by atoms with Crippen LogP contribution in [0.15, 0.2) is 12.3 Å². The van der Waals surface area contributed by atoms with Crippen LogP contribution >= 0.6 is 0 Å². The Morgan fingerprint density at radius 3 is 2.20 bits per heavy atom. The summed E-state index contributed by atoms with van der Waals surface area (Å²) >= 11 is 0. The van der Waals surface area contributed by atoms with Gasteiger partial charge in [0, 0.05) is 5.70 Å². The molecule has 0 heterocycles. The highest BCUT2D eigenvalue weighted by Crippen LogP contribution is 2.12. The fourth-order valence-electron chi connectivity index (χ4n) is 0.527. The summed E-state index contributed by atoms with van der Waals surface area (Å²) in [5.74, 6) is -0.878. The van der Waals surface area contributed by atoms with Gasteiger partial charge in [0.05, 0.1) is 5.92 Å². The van der Waals surface area contributed by atoms with Crippen LogP contribution in [0.25, 0.3) is 0 Å². The maximum Gasteiger partial charge on any atom is 0.148 e. The van der Waals surface area contributed by atoms with Crippen LogP contribution in [0.5, 0.6) is 0 Å². The van der Waals surface area contributed by atoms with Crippen molar-refractivity contribution in [2.24, 2.45) is 11.7 Å². The standard InChI is InChI=1S/C7H12FNO/c1-4(6(3)10)7(8)5(2)9/h4,7H,2,9H2,1,3H3. The predicted octanol–water partition coefficient (Wildman–Crippen LogP) is 1.02. The van der Waals surface area contributed by atoms with Gasteiger partial charge in [-0.25, -0.2) is 4.39 Å². The summed E-state index contributed by atoms with van der Waals surface area (Å²) in [7, 11) is 0. The van der Waals surface area contributed by atoms with Gasteiger partial charge in [0.2, 0.25) is 0 Å². The third kappa shape index (κ3) is 2.17. The van der Waals surface area contributed by atoms with Gasteiger partial charge in [0.15, 0.2) is 0 Å². The number of halogens is 1. The van der Waals surface area contributed by atoms with E-state index in [1.165, 1.54) is 13.8 Å². The number of hydrogen-bond donors (Lipinski definition) is 1. The Morgan fingerprint density at radius 2 is 2.10 bits per heavy atom. The molecule has 2 nitrogen and oxygen atoms in total. The summed E-state index contributed by atoms with van der Waals surface area (Å²) in [6, 6.07) is 0. The first-order valence-corrected chi connectivity index (χ1v) is 3.05. The van der Waals surface area contributed by atoms with E-state index in [-0.39, 0.29) is 11.5 Å². The van der Waals surface area contributed by atoms with E-state index in [9.17, 15) is 9.18 Å². The Hall–Kier alpha value is -0.860. The van der Waals surface area contributed by atoms with E-state index in [2.05, 4.69) is 6.58 Å². The van der Waals surface area contributed by atoms with Crippen LogP contribution in [0.3, 0.4) is 0 Å². The van der Waals surface area contributed by atoms with E-state index >= 15 is 0 Å². The summed E-state index contributed by atoms with van der Waals surface area (Å²) in [6.45, 7) is 6.03. The molecule has 0 aliphatic heterocycles. The number of ketones is 1. The highest BCUT2D eigenvalue weighted by molar-refractivity contribution is 5.78. The summed E-state index contributed by atoms with van der Waals surface area (Å²) in [4.78, 5) is 10.6. The number of rotatable bonds is 3. The van der Waals surface area contributed by atoms with Crippen molar-refractivity contribution in [3.05, 3.63) is 12.3 Å². The van der Waals surface area contributed by atoms with Gasteiger partial charge >= 0.3 is 0 Å². The van der Waals surface area contributed by atoms with Gasteiger partial charge in [-0.3, -0.25) is 4.79 Å². The predicted molar refractivity (Wildman–Crippen MR) is 38.1 cm³/mol. The van der Waals surface area contributed by atoms with Crippen LogP contribution in [-0.2, 0) is 4.79 Å². The number of alkyl halides is 1. The fraction of sp³-hybridized carbons (Fsp3) is 0.571. The van der Waals surface area contributed by atoms with E-state index < -0.39 is 12.1 Å². The second-order valence-electron chi connectivity index (χ2n) is 2.38. The quantitative estimate of drug-likeness (QED) is 0.644. The van der Waals surface area contributed by atoms with Crippen molar-refractivity contribution in [3.8, 4) is 0 Å². The molecular formula is C7H12FNO. The minimum atomic E-state index is -1.41. The Labute approximate surface area is 59.9 Å². The smallest absolute Gasteiger partial charge is 0.148 e. The van der Waals surface area contributed by atoms with Gasteiger partial charge in [-0.1, -0.05) is 13.5 Å². The van der Waals surface area contributed by atoms with Crippen molar-refractivity contribution in [1.29, 1.82) is 0 Å². The SMILES string of the molecule is C=C(N)C(F)C(C)C(C)=O.